The van der Waals surface area contributed by atoms with Gasteiger partial charge >= 0.3 is 0 Å². The van der Waals surface area contributed by atoms with E-state index in [0.29, 0.717) is 19.5 Å². The summed E-state index contributed by atoms with van der Waals surface area (Å²) in [5, 5.41) is 2.72. The SMILES string of the molecule is CCC1C(=O)NCCN1CC(=O)c1cc(F)ccc1F. The normalized spacial score (nSPS) is 19.8. The summed E-state index contributed by atoms with van der Waals surface area (Å²) in [6, 6.07) is 2.39. The molecule has 1 atom stereocenters. The van der Waals surface area contributed by atoms with E-state index in [9.17, 15) is 18.4 Å². The maximum atomic E-state index is 13.5. The average Bonchev–Trinajstić information content (AvgIpc) is 2.41. The summed E-state index contributed by atoms with van der Waals surface area (Å²) in [7, 11) is 0. The molecule has 1 aliphatic heterocycles. The molecule has 2 rings (SSSR count). The number of nitrogens with zero attached hydrogens (tertiary/aromatic N) is 1. The Kier molecular flexibility index (Phi) is 4.44. The number of Topliss-reactive ketones (excluding diaryl/α,β-unsaturated/α-hetero) is 1. The lowest BCUT2D eigenvalue weighted by Crippen LogP contribution is -2.56. The molecule has 1 aromatic rings. The van der Waals surface area contributed by atoms with Crippen molar-refractivity contribution in [2.75, 3.05) is 19.6 Å². The fourth-order valence-corrected chi connectivity index (χ4v) is 2.38. The second-order valence-corrected chi connectivity index (χ2v) is 4.73. The van der Waals surface area contributed by atoms with Crippen molar-refractivity contribution in [3.63, 3.8) is 0 Å². The van der Waals surface area contributed by atoms with E-state index in [2.05, 4.69) is 5.32 Å². The van der Waals surface area contributed by atoms with Gasteiger partial charge in [-0.1, -0.05) is 6.92 Å². The average molecular weight is 282 g/mol. The van der Waals surface area contributed by atoms with Crippen molar-refractivity contribution in [2.45, 2.75) is 19.4 Å². The smallest absolute Gasteiger partial charge is 0.237 e. The van der Waals surface area contributed by atoms with Crippen LogP contribution < -0.4 is 5.32 Å². The van der Waals surface area contributed by atoms with Gasteiger partial charge in [0.05, 0.1) is 18.2 Å². The highest BCUT2D eigenvalue weighted by Gasteiger charge is 2.30. The van der Waals surface area contributed by atoms with Crippen LogP contribution in [0.25, 0.3) is 0 Å². The topological polar surface area (TPSA) is 49.4 Å². The van der Waals surface area contributed by atoms with Gasteiger partial charge in [0.25, 0.3) is 0 Å². The molecule has 20 heavy (non-hydrogen) atoms. The van der Waals surface area contributed by atoms with Crippen molar-refractivity contribution in [3.05, 3.63) is 35.4 Å². The maximum Gasteiger partial charge on any atom is 0.237 e. The number of benzene rings is 1. The van der Waals surface area contributed by atoms with E-state index in [4.69, 9.17) is 0 Å². The van der Waals surface area contributed by atoms with Crippen LogP contribution in [-0.4, -0.2) is 42.3 Å². The molecule has 1 aliphatic rings. The molecular weight excluding hydrogens is 266 g/mol. The predicted molar refractivity (Wildman–Crippen MR) is 69.4 cm³/mol. The molecule has 1 heterocycles. The molecule has 6 heteroatoms. The second-order valence-electron chi connectivity index (χ2n) is 4.73. The molecule has 4 nitrogen and oxygen atoms in total. The summed E-state index contributed by atoms with van der Waals surface area (Å²) in [6.07, 6.45) is 0.560. The molecule has 0 aliphatic carbocycles. The van der Waals surface area contributed by atoms with E-state index in [1.165, 1.54) is 0 Å². The molecule has 1 amide bonds. The monoisotopic (exact) mass is 282 g/mol. The number of rotatable bonds is 4. The second kappa shape index (κ2) is 6.09. The molecule has 0 aromatic heterocycles. The molecule has 1 fully saturated rings. The molecular formula is C14H16F2N2O2. The number of carbonyl (C=O) groups excluding carboxylic acids is 2. The summed E-state index contributed by atoms with van der Waals surface area (Å²) in [4.78, 5) is 25.5. The minimum atomic E-state index is -0.745. The lowest BCUT2D eigenvalue weighted by Gasteiger charge is -2.33. The zero-order chi connectivity index (χ0) is 14.7. The van der Waals surface area contributed by atoms with E-state index in [1.807, 2.05) is 6.92 Å². The van der Waals surface area contributed by atoms with Crippen LogP contribution >= 0.6 is 0 Å². The van der Waals surface area contributed by atoms with Gasteiger partial charge in [-0.05, 0) is 24.6 Å². The van der Waals surface area contributed by atoms with Crippen LogP contribution in [-0.2, 0) is 4.79 Å². The first-order valence-electron chi connectivity index (χ1n) is 6.53. The van der Waals surface area contributed by atoms with Crippen molar-refractivity contribution < 1.29 is 18.4 Å². The maximum absolute atomic E-state index is 13.5. The Morgan fingerprint density at radius 2 is 2.20 bits per heavy atom. The van der Waals surface area contributed by atoms with E-state index in [-0.39, 0.29) is 18.0 Å². The summed E-state index contributed by atoms with van der Waals surface area (Å²) in [5.74, 6) is -2.05. The van der Waals surface area contributed by atoms with Crippen LogP contribution in [0.15, 0.2) is 18.2 Å². The van der Waals surface area contributed by atoms with Gasteiger partial charge in [0.1, 0.15) is 11.6 Å². The quantitative estimate of drug-likeness (QED) is 0.848. The minimum Gasteiger partial charge on any atom is -0.353 e. The molecule has 0 bridgehead atoms. The number of ketones is 1. The number of hydrogen-bond donors (Lipinski definition) is 1. The van der Waals surface area contributed by atoms with Crippen LogP contribution in [0.5, 0.6) is 0 Å². The fourth-order valence-electron chi connectivity index (χ4n) is 2.38. The first-order chi connectivity index (χ1) is 9.52. The summed E-state index contributed by atoms with van der Waals surface area (Å²) in [5.41, 5.74) is -0.272. The Labute approximate surface area is 115 Å². The van der Waals surface area contributed by atoms with E-state index < -0.39 is 23.5 Å². The molecule has 0 radical (unpaired) electrons. The van der Waals surface area contributed by atoms with Gasteiger partial charge in [0.15, 0.2) is 5.78 Å². The molecule has 1 saturated heterocycles. The third kappa shape index (κ3) is 3.01. The Morgan fingerprint density at radius 1 is 1.45 bits per heavy atom. The lowest BCUT2D eigenvalue weighted by atomic mass is 10.1. The zero-order valence-electron chi connectivity index (χ0n) is 11.2. The highest BCUT2D eigenvalue weighted by molar-refractivity contribution is 5.98. The predicted octanol–water partition coefficient (Wildman–Crippen LogP) is 1.36. The highest BCUT2D eigenvalue weighted by Crippen LogP contribution is 2.14. The Bertz CT molecular complexity index is 534. The van der Waals surface area contributed by atoms with Gasteiger partial charge in [-0.25, -0.2) is 8.78 Å². The summed E-state index contributed by atoms with van der Waals surface area (Å²) in [6.45, 7) is 2.73. The van der Waals surface area contributed by atoms with E-state index in [0.717, 1.165) is 18.2 Å². The Hall–Kier alpha value is -1.82. The lowest BCUT2D eigenvalue weighted by molar-refractivity contribution is -0.128. The molecule has 108 valence electrons. The van der Waals surface area contributed by atoms with Crippen LogP contribution in [0.4, 0.5) is 8.78 Å². The van der Waals surface area contributed by atoms with E-state index >= 15 is 0 Å². The molecule has 0 spiro atoms. The molecule has 1 aromatic carbocycles. The zero-order valence-corrected chi connectivity index (χ0v) is 11.2. The summed E-state index contributed by atoms with van der Waals surface area (Å²) < 4.78 is 26.6. The number of nitrogens with one attached hydrogen (secondary N) is 1. The van der Waals surface area contributed by atoms with Crippen LogP contribution in [0.2, 0.25) is 0 Å². The van der Waals surface area contributed by atoms with Crippen LogP contribution in [0.1, 0.15) is 23.7 Å². The van der Waals surface area contributed by atoms with Gasteiger partial charge in [0.2, 0.25) is 5.91 Å². The van der Waals surface area contributed by atoms with Crippen molar-refractivity contribution in [1.82, 2.24) is 10.2 Å². The Balaban J connectivity index is 2.14. The van der Waals surface area contributed by atoms with Gasteiger partial charge in [-0.2, -0.15) is 0 Å². The Morgan fingerprint density at radius 3 is 2.90 bits per heavy atom. The fraction of sp³-hybridized carbons (Fsp3) is 0.429. The third-order valence-corrected chi connectivity index (χ3v) is 3.40. The minimum absolute atomic E-state index is 0.0910. The largest absolute Gasteiger partial charge is 0.353 e. The third-order valence-electron chi connectivity index (χ3n) is 3.40. The number of halogens is 2. The number of amides is 1. The standard InChI is InChI=1S/C14H16F2N2O2/c1-2-12-14(20)17-5-6-18(12)8-13(19)10-7-9(15)3-4-11(10)16/h3-4,7,12H,2,5-6,8H2,1H3,(H,17,20). The van der Waals surface area contributed by atoms with Gasteiger partial charge in [-0.3, -0.25) is 14.5 Å². The molecule has 0 saturated carbocycles. The number of carbonyl (C=O) groups is 2. The van der Waals surface area contributed by atoms with E-state index in [1.54, 1.807) is 4.90 Å². The van der Waals surface area contributed by atoms with Crippen LogP contribution in [0, 0.1) is 11.6 Å². The number of piperazine rings is 1. The van der Waals surface area contributed by atoms with Gasteiger partial charge in [0, 0.05) is 13.1 Å². The van der Waals surface area contributed by atoms with Crippen molar-refractivity contribution >= 4 is 11.7 Å². The molecule has 1 unspecified atom stereocenters. The highest BCUT2D eigenvalue weighted by atomic mass is 19.1. The van der Waals surface area contributed by atoms with Crippen molar-refractivity contribution in [2.24, 2.45) is 0 Å². The molecule has 1 N–H and O–H groups in total. The first-order valence-corrected chi connectivity index (χ1v) is 6.53. The first kappa shape index (κ1) is 14.6. The van der Waals surface area contributed by atoms with Gasteiger partial charge < -0.3 is 5.32 Å². The van der Waals surface area contributed by atoms with Crippen molar-refractivity contribution in [1.29, 1.82) is 0 Å². The summed E-state index contributed by atoms with van der Waals surface area (Å²) >= 11 is 0. The van der Waals surface area contributed by atoms with Crippen LogP contribution in [0.3, 0.4) is 0 Å². The van der Waals surface area contributed by atoms with Crippen molar-refractivity contribution in [3.8, 4) is 0 Å². The van der Waals surface area contributed by atoms with Gasteiger partial charge in [-0.15, -0.1) is 0 Å². The number of hydrogen-bond acceptors (Lipinski definition) is 3.